The van der Waals surface area contributed by atoms with E-state index in [0.717, 1.165) is 10.4 Å². The van der Waals surface area contributed by atoms with Crippen molar-refractivity contribution in [2.75, 3.05) is 21.9 Å². The lowest BCUT2D eigenvalue weighted by Crippen LogP contribution is -2.54. The zero-order chi connectivity index (χ0) is 31.1. The van der Waals surface area contributed by atoms with Crippen molar-refractivity contribution < 1.29 is 53.1 Å². The first-order valence-corrected chi connectivity index (χ1v) is 15.0. The van der Waals surface area contributed by atoms with Gasteiger partial charge in [-0.15, -0.1) is 0 Å². The predicted octanol–water partition coefficient (Wildman–Crippen LogP) is 3.76. The summed E-state index contributed by atoms with van der Waals surface area (Å²) in [7, 11) is -8.41. The largest absolute Gasteiger partial charge is 0.485 e. The summed E-state index contributed by atoms with van der Waals surface area (Å²) in [4.78, 5) is 11.6. The highest BCUT2D eigenvalue weighted by atomic mass is 32.2. The number of fused-ring (bicyclic) bond motifs is 1. The van der Waals surface area contributed by atoms with Gasteiger partial charge in [0.05, 0.1) is 29.4 Å². The molecule has 2 unspecified atom stereocenters. The Morgan fingerprint density at radius 3 is 2.37 bits per heavy atom. The molecular weight excluding hydrogens is 605 g/mol. The van der Waals surface area contributed by atoms with E-state index in [2.05, 4.69) is 19.9 Å². The highest BCUT2D eigenvalue weighted by molar-refractivity contribution is 7.93. The molecule has 2 atom stereocenters. The number of nitrogens with zero attached hydrogens (tertiary/aromatic N) is 3. The number of alkyl halides is 5. The maximum Gasteiger partial charge on any atom is 0.427 e. The van der Waals surface area contributed by atoms with Gasteiger partial charge in [-0.25, -0.2) is 31.0 Å². The van der Waals surface area contributed by atoms with Crippen LogP contribution in [0.5, 0.6) is 5.75 Å². The average Bonchev–Trinajstić information content (AvgIpc) is 3.24. The maximum absolute atomic E-state index is 13.8. The minimum absolute atomic E-state index is 0.110. The molecule has 0 saturated heterocycles. The number of sulfonamides is 2. The van der Waals surface area contributed by atoms with Gasteiger partial charge in [0.15, 0.2) is 0 Å². The normalized spacial score (nSPS) is 18.2. The highest BCUT2D eigenvalue weighted by Crippen LogP contribution is 2.42. The number of halogens is 5. The van der Waals surface area contributed by atoms with Gasteiger partial charge in [-0.3, -0.25) is 9.62 Å². The van der Waals surface area contributed by atoms with Crippen molar-refractivity contribution in [2.45, 2.75) is 70.0 Å². The Balaban J connectivity index is 2.06. The summed E-state index contributed by atoms with van der Waals surface area (Å²) in [6.45, 7) is 1.72. The monoisotopic (exact) mass is 633 g/mol. The van der Waals surface area contributed by atoms with Crippen LogP contribution in [-0.4, -0.2) is 68.9 Å². The van der Waals surface area contributed by atoms with Gasteiger partial charge in [0.2, 0.25) is 15.6 Å². The van der Waals surface area contributed by atoms with E-state index in [-0.39, 0.29) is 39.8 Å². The number of aryl methyl sites for hydroxylation is 1. The van der Waals surface area contributed by atoms with E-state index in [0.29, 0.717) is 20.0 Å². The van der Waals surface area contributed by atoms with Crippen molar-refractivity contribution in [1.82, 2.24) is 14.5 Å². The SMILES string of the molecule is CCS(=O)(=O)NCC1Oc2ccc(NC(=O)OC(C)(C)C(F)(F)F)cc2N(S(=O)(=O)c2cn(C(F)F)nc2C)C1C. The van der Waals surface area contributed by atoms with Crippen LogP contribution in [0, 0.1) is 6.92 Å². The molecule has 19 heteroatoms. The van der Waals surface area contributed by atoms with Crippen LogP contribution in [0.15, 0.2) is 29.3 Å². The quantitative estimate of drug-likeness (QED) is 0.397. The zero-order valence-electron chi connectivity index (χ0n) is 22.4. The van der Waals surface area contributed by atoms with E-state index in [4.69, 9.17) is 4.74 Å². The minimum Gasteiger partial charge on any atom is -0.485 e. The molecular formula is C22H28F5N5O7S2. The molecule has 2 heterocycles. The van der Waals surface area contributed by atoms with Crippen LogP contribution < -0.4 is 19.1 Å². The number of carbonyl (C=O) groups is 1. The molecule has 1 aliphatic rings. The fraction of sp³-hybridized carbons (Fsp3) is 0.545. The summed E-state index contributed by atoms with van der Waals surface area (Å²) >= 11 is 0. The molecule has 0 radical (unpaired) electrons. The predicted molar refractivity (Wildman–Crippen MR) is 136 cm³/mol. The molecule has 0 saturated carbocycles. The Hall–Kier alpha value is -3.19. The Morgan fingerprint density at radius 1 is 1.20 bits per heavy atom. The summed E-state index contributed by atoms with van der Waals surface area (Å²) in [5.74, 6) is -0.379. The standard InChI is InChI=1S/C22H28F5N5O7S2/c1-6-40(34,35)28-10-17-13(3)32(41(36,37)18-11-31(19(23)24)30-12(18)2)15-9-14(7-8-16(15)38-17)29-20(33)39-21(4,5)22(25,26)27/h7-9,11,13,17,19,28H,6,10H2,1-5H3,(H,29,33). The van der Waals surface area contributed by atoms with E-state index in [9.17, 15) is 43.6 Å². The fourth-order valence-corrected chi connectivity index (χ4v) is 6.19. The van der Waals surface area contributed by atoms with Crippen LogP contribution in [0.4, 0.5) is 38.1 Å². The number of ether oxygens (including phenoxy) is 2. The van der Waals surface area contributed by atoms with E-state index >= 15 is 0 Å². The van der Waals surface area contributed by atoms with Crippen LogP contribution >= 0.6 is 0 Å². The van der Waals surface area contributed by atoms with Gasteiger partial charge in [0, 0.05) is 12.2 Å². The summed E-state index contributed by atoms with van der Waals surface area (Å²) < 4.78 is 131. The van der Waals surface area contributed by atoms with Crippen LogP contribution in [-0.2, 0) is 24.8 Å². The molecule has 0 bridgehead atoms. The van der Waals surface area contributed by atoms with Crippen molar-refractivity contribution in [3.8, 4) is 5.75 Å². The van der Waals surface area contributed by atoms with Crippen LogP contribution in [0.3, 0.4) is 0 Å². The third-order valence-electron chi connectivity index (χ3n) is 6.15. The molecule has 0 fully saturated rings. The molecule has 41 heavy (non-hydrogen) atoms. The molecule has 12 nitrogen and oxygen atoms in total. The lowest BCUT2D eigenvalue weighted by molar-refractivity contribution is -0.242. The molecule has 2 aromatic rings. The molecule has 2 N–H and O–H groups in total. The Bertz CT molecular complexity index is 1510. The molecule has 1 aromatic heterocycles. The van der Waals surface area contributed by atoms with E-state index < -0.39 is 61.5 Å². The lowest BCUT2D eigenvalue weighted by Gasteiger charge is -2.41. The molecule has 1 aromatic carbocycles. The van der Waals surface area contributed by atoms with E-state index in [1.807, 2.05) is 0 Å². The van der Waals surface area contributed by atoms with Gasteiger partial charge in [-0.2, -0.15) is 27.1 Å². The zero-order valence-corrected chi connectivity index (χ0v) is 24.0. The average molecular weight is 634 g/mol. The number of amides is 1. The Morgan fingerprint density at radius 2 is 1.83 bits per heavy atom. The molecule has 0 aliphatic carbocycles. The van der Waals surface area contributed by atoms with E-state index in [1.165, 1.54) is 32.9 Å². The fourth-order valence-electron chi connectivity index (χ4n) is 3.73. The molecule has 1 amide bonds. The molecule has 0 spiro atoms. The van der Waals surface area contributed by atoms with Gasteiger partial charge in [-0.1, -0.05) is 0 Å². The first-order chi connectivity index (χ1) is 18.7. The Labute approximate surface area is 232 Å². The summed E-state index contributed by atoms with van der Waals surface area (Å²) in [6.07, 6.45) is -6.86. The highest BCUT2D eigenvalue weighted by Gasteiger charge is 2.51. The third kappa shape index (κ3) is 6.83. The second kappa shape index (κ2) is 11.2. The van der Waals surface area contributed by atoms with Crippen molar-refractivity contribution in [3.63, 3.8) is 0 Å². The number of hydrogen-bond acceptors (Lipinski definition) is 8. The van der Waals surface area contributed by atoms with Gasteiger partial charge >= 0.3 is 18.8 Å². The summed E-state index contributed by atoms with van der Waals surface area (Å²) in [5.41, 5.74) is -3.52. The number of rotatable bonds is 9. The second-order valence-electron chi connectivity index (χ2n) is 9.49. The summed E-state index contributed by atoms with van der Waals surface area (Å²) in [6, 6.07) is 2.30. The smallest absolute Gasteiger partial charge is 0.427 e. The van der Waals surface area contributed by atoms with Crippen molar-refractivity contribution in [2.24, 2.45) is 0 Å². The van der Waals surface area contributed by atoms with Crippen LogP contribution in [0.25, 0.3) is 0 Å². The van der Waals surface area contributed by atoms with Crippen LogP contribution in [0.1, 0.15) is 39.9 Å². The minimum atomic E-state index is -4.89. The van der Waals surface area contributed by atoms with Crippen molar-refractivity contribution in [3.05, 3.63) is 30.1 Å². The number of benzene rings is 1. The molecule has 3 rings (SSSR count). The van der Waals surface area contributed by atoms with Crippen molar-refractivity contribution in [1.29, 1.82) is 0 Å². The molecule has 230 valence electrons. The van der Waals surface area contributed by atoms with Gasteiger partial charge in [0.25, 0.3) is 10.0 Å². The lowest BCUT2D eigenvalue weighted by atomic mass is 10.1. The van der Waals surface area contributed by atoms with E-state index in [1.54, 1.807) is 0 Å². The maximum atomic E-state index is 13.8. The van der Waals surface area contributed by atoms with Crippen LogP contribution in [0.2, 0.25) is 0 Å². The first kappa shape index (κ1) is 32.3. The number of anilines is 2. The number of nitrogens with one attached hydrogen (secondary N) is 2. The number of hydrogen-bond donors (Lipinski definition) is 2. The third-order valence-corrected chi connectivity index (χ3v) is 9.52. The number of aromatic nitrogens is 2. The van der Waals surface area contributed by atoms with Crippen molar-refractivity contribution >= 4 is 37.5 Å². The Kier molecular flexibility index (Phi) is 8.86. The summed E-state index contributed by atoms with van der Waals surface area (Å²) in [5, 5.41) is 5.63. The topological polar surface area (TPSA) is 149 Å². The van der Waals surface area contributed by atoms with Gasteiger partial charge < -0.3 is 9.47 Å². The molecule has 1 aliphatic heterocycles. The van der Waals surface area contributed by atoms with Gasteiger partial charge in [-0.05, 0) is 52.8 Å². The second-order valence-corrected chi connectivity index (χ2v) is 13.4. The van der Waals surface area contributed by atoms with Gasteiger partial charge in [0.1, 0.15) is 16.7 Å². The number of carbonyl (C=O) groups excluding carboxylic acids is 1. The first-order valence-electron chi connectivity index (χ1n) is 11.9.